The predicted octanol–water partition coefficient (Wildman–Crippen LogP) is 3.99. The third kappa shape index (κ3) is 4.73. The fraction of sp³-hybridized carbons (Fsp3) is 0.304. The Morgan fingerprint density at radius 2 is 1.87 bits per heavy atom. The Morgan fingerprint density at radius 3 is 2.58 bits per heavy atom. The third-order valence-corrected chi connectivity index (χ3v) is 5.81. The Balaban J connectivity index is 1.34. The maximum atomic E-state index is 14.3. The first kappa shape index (κ1) is 21.3. The summed E-state index contributed by atoms with van der Waals surface area (Å²) in [6.07, 6.45) is 0. The fourth-order valence-electron chi connectivity index (χ4n) is 3.82. The number of nitrogens with zero attached hydrogens (tertiary/aromatic N) is 3. The number of rotatable bonds is 6. The highest BCUT2D eigenvalue weighted by Gasteiger charge is 2.25. The first-order valence-electron chi connectivity index (χ1n) is 10.3. The molecule has 0 radical (unpaired) electrons. The molecule has 4 rings (SSSR count). The van der Waals surface area contributed by atoms with E-state index in [9.17, 15) is 9.18 Å². The van der Waals surface area contributed by atoms with Crippen molar-refractivity contribution in [3.8, 4) is 11.3 Å². The van der Waals surface area contributed by atoms with Gasteiger partial charge in [-0.2, -0.15) is 0 Å². The molecule has 0 atom stereocenters. The van der Waals surface area contributed by atoms with Crippen LogP contribution in [0.15, 0.2) is 53.1 Å². The smallest absolute Gasteiger partial charge is 0.257 e. The van der Waals surface area contributed by atoms with Crippen LogP contribution in [0.5, 0.6) is 0 Å². The number of nitrogens with one attached hydrogen (secondary N) is 1. The van der Waals surface area contributed by atoms with Gasteiger partial charge in [-0.3, -0.25) is 9.69 Å². The number of carbonyl (C=O) groups excluding carboxylic acids is 1. The van der Waals surface area contributed by atoms with Gasteiger partial charge in [0.05, 0.1) is 10.6 Å². The van der Waals surface area contributed by atoms with Gasteiger partial charge in [-0.25, -0.2) is 4.39 Å². The molecule has 162 valence electrons. The number of carbonyl (C=O) groups is 1. The van der Waals surface area contributed by atoms with E-state index in [1.54, 1.807) is 13.0 Å². The summed E-state index contributed by atoms with van der Waals surface area (Å²) in [6.45, 7) is 6.56. The van der Waals surface area contributed by atoms with E-state index in [1.165, 1.54) is 17.8 Å². The molecule has 1 amide bonds. The molecule has 6 nitrogen and oxygen atoms in total. The average Bonchev–Trinajstić information content (AvgIpc) is 3.16. The van der Waals surface area contributed by atoms with E-state index in [0.29, 0.717) is 12.3 Å². The molecule has 2 heterocycles. The normalized spacial score (nSPS) is 14.6. The summed E-state index contributed by atoms with van der Waals surface area (Å²) in [4.78, 5) is 17.5. The van der Waals surface area contributed by atoms with E-state index >= 15 is 0 Å². The molecule has 1 aliphatic rings. The van der Waals surface area contributed by atoms with E-state index in [1.807, 2.05) is 18.2 Å². The second-order valence-corrected chi connectivity index (χ2v) is 7.89. The number of aromatic nitrogens is 1. The van der Waals surface area contributed by atoms with Crippen LogP contribution in [-0.2, 0) is 0 Å². The zero-order valence-electron chi connectivity index (χ0n) is 17.3. The molecule has 1 saturated heterocycles. The summed E-state index contributed by atoms with van der Waals surface area (Å²) >= 11 is 6.15. The Hall–Kier alpha value is -2.90. The number of anilines is 1. The number of piperazine rings is 1. The lowest BCUT2D eigenvalue weighted by Gasteiger charge is -2.36. The average molecular weight is 443 g/mol. The Morgan fingerprint density at radius 1 is 1.13 bits per heavy atom. The van der Waals surface area contributed by atoms with Crippen LogP contribution in [0.25, 0.3) is 11.3 Å². The Labute approximate surface area is 185 Å². The van der Waals surface area contributed by atoms with Crippen molar-refractivity contribution < 1.29 is 13.7 Å². The van der Waals surface area contributed by atoms with Gasteiger partial charge in [0, 0.05) is 45.0 Å². The summed E-state index contributed by atoms with van der Waals surface area (Å²) < 4.78 is 19.5. The van der Waals surface area contributed by atoms with Crippen LogP contribution in [0.3, 0.4) is 0 Å². The molecule has 0 bridgehead atoms. The summed E-state index contributed by atoms with van der Waals surface area (Å²) in [5.74, 6) is -0.578. The number of halogens is 2. The topological polar surface area (TPSA) is 61.6 Å². The number of aryl methyl sites for hydroxylation is 1. The van der Waals surface area contributed by atoms with Crippen molar-refractivity contribution in [1.82, 2.24) is 15.4 Å². The molecular weight excluding hydrogens is 419 g/mol. The van der Waals surface area contributed by atoms with E-state index < -0.39 is 5.82 Å². The van der Waals surface area contributed by atoms with Gasteiger partial charge in [-0.05, 0) is 31.2 Å². The highest BCUT2D eigenvalue weighted by atomic mass is 35.5. The lowest BCUT2D eigenvalue weighted by molar-refractivity contribution is 0.0947. The van der Waals surface area contributed by atoms with Crippen molar-refractivity contribution in [1.29, 1.82) is 0 Å². The van der Waals surface area contributed by atoms with Crippen molar-refractivity contribution in [2.24, 2.45) is 0 Å². The van der Waals surface area contributed by atoms with E-state index in [-0.39, 0.29) is 27.8 Å². The first-order valence-corrected chi connectivity index (χ1v) is 10.6. The second kappa shape index (κ2) is 9.49. The molecule has 1 N–H and O–H groups in total. The molecule has 1 aromatic heterocycles. The highest BCUT2D eigenvalue weighted by molar-refractivity contribution is 6.33. The van der Waals surface area contributed by atoms with Gasteiger partial charge >= 0.3 is 0 Å². The lowest BCUT2D eigenvalue weighted by atomic mass is 10.0. The summed E-state index contributed by atoms with van der Waals surface area (Å²) in [5.41, 5.74) is 1.64. The van der Waals surface area contributed by atoms with Crippen LogP contribution in [0, 0.1) is 12.7 Å². The highest BCUT2D eigenvalue weighted by Crippen LogP contribution is 2.33. The standard InChI is InChI=1S/C23H24ClFN4O2/c1-16-20(22(27-31-16)21-18(24)8-5-9-19(21)25)23(30)26-10-11-28-12-14-29(15-13-28)17-6-3-2-4-7-17/h2-9H,10-15H2,1H3,(H,26,30). The van der Waals surface area contributed by atoms with Gasteiger partial charge in [0.2, 0.25) is 0 Å². The molecule has 2 aromatic carbocycles. The second-order valence-electron chi connectivity index (χ2n) is 7.48. The molecule has 1 aliphatic heterocycles. The maximum absolute atomic E-state index is 14.3. The number of benzene rings is 2. The maximum Gasteiger partial charge on any atom is 0.257 e. The van der Waals surface area contributed by atoms with Crippen molar-refractivity contribution in [3.63, 3.8) is 0 Å². The van der Waals surface area contributed by atoms with Crippen molar-refractivity contribution >= 4 is 23.2 Å². The van der Waals surface area contributed by atoms with Crippen LogP contribution in [0.4, 0.5) is 10.1 Å². The Kier molecular flexibility index (Phi) is 6.53. The first-order chi connectivity index (χ1) is 15.0. The lowest BCUT2D eigenvalue weighted by Crippen LogP contribution is -2.48. The predicted molar refractivity (Wildman–Crippen MR) is 119 cm³/mol. The van der Waals surface area contributed by atoms with Crippen LogP contribution in [0.1, 0.15) is 16.1 Å². The molecule has 8 heteroatoms. The summed E-state index contributed by atoms with van der Waals surface area (Å²) in [7, 11) is 0. The minimum atomic E-state index is -0.550. The van der Waals surface area contributed by atoms with Gasteiger partial charge in [0.1, 0.15) is 22.8 Å². The molecule has 31 heavy (non-hydrogen) atoms. The van der Waals surface area contributed by atoms with Crippen molar-refractivity contribution in [2.75, 3.05) is 44.2 Å². The zero-order chi connectivity index (χ0) is 21.8. The van der Waals surface area contributed by atoms with Crippen LogP contribution >= 0.6 is 11.6 Å². The molecule has 0 spiro atoms. The largest absolute Gasteiger partial charge is 0.369 e. The van der Waals surface area contributed by atoms with Gasteiger partial charge in [-0.15, -0.1) is 0 Å². The molecule has 3 aromatic rings. The van der Waals surface area contributed by atoms with E-state index in [4.69, 9.17) is 16.1 Å². The van der Waals surface area contributed by atoms with E-state index in [2.05, 4.69) is 32.4 Å². The van der Waals surface area contributed by atoms with Crippen LogP contribution in [0.2, 0.25) is 5.02 Å². The molecular formula is C23H24ClFN4O2. The number of hydrogen-bond acceptors (Lipinski definition) is 5. The van der Waals surface area contributed by atoms with E-state index in [0.717, 1.165) is 32.7 Å². The van der Waals surface area contributed by atoms with Gasteiger partial charge < -0.3 is 14.7 Å². The minimum absolute atomic E-state index is 0.0724. The fourth-order valence-corrected chi connectivity index (χ4v) is 4.07. The van der Waals surface area contributed by atoms with Gasteiger partial charge in [-0.1, -0.05) is 41.0 Å². The summed E-state index contributed by atoms with van der Waals surface area (Å²) in [5, 5.41) is 6.97. The number of amides is 1. The minimum Gasteiger partial charge on any atom is -0.369 e. The molecule has 0 unspecified atom stereocenters. The van der Waals surface area contributed by atoms with Crippen molar-refractivity contribution in [3.05, 3.63) is 70.7 Å². The zero-order valence-corrected chi connectivity index (χ0v) is 18.0. The van der Waals surface area contributed by atoms with Crippen LogP contribution in [-0.4, -0.2) is 55.2 Å². The Bertz CT molecular complexity index is 1030. The number of hydrogen-bond donors (Lipinski definition) is 1. The quantitative estimate of drug-likeness (QED) is 0.625. The summed E-state index contributed by atoms with van der Waals surface area (Å²) in [6, 6.07) is 14.7. The molecule has 0 saturated carbocycles. The SMILES string of the molecule is Cc1onc(-c2c(F)cccc2Cl)c1C(=O)NCCN1CCN(c2ccccc2)CC1. The third-order valence-electron chi connectivity index (χ3n) is 5.50. The van der Waals surface area contributed by atoms with Gasteiger partial charge in [0.15, 0.2) is 0 Å². The number of para-hydroxylation sites is 1. The van der Waals surface area contributed by atoms with Crippen molar-refractivity contribution in [2.45, 2.75) is 6.92 Å². The van der Waals surface area contributed by atoms with Crippen LogP contribution < -0.4 is 10.2 Å². The molecule has 1 fully saturated rings. The monoisotopic (exact) mass is 442 g/mol. The van der Waals surface area contributed by atoms with Gasteiger partial charge in [0.25, 0.3) is 5.91 Å². The molecule has 0 aliphatic carbocycles.